The van der Waals surface area contributed by atoms with E-state index >= 15 is 0 Å². The van der Waals surface area contributed by atoms with Gasteiger partial charge in [0.15, 0.2) is 0 Å². The van der Waals surface area contributed by atoms with Crippen molar-refractivity contribution in [2.45, 2.75) is 12.6 Å². The number of nitrogens with zero attached hydrogens (tertiary/aromatic N) is 1. The zero-order chi connectivity index (χ0) is 20.9. The Balaban J connectivity index is 1.30. The molecule has 3 aromatic carbocycles. The van der Waals surface area contributed by atoms with E-state index in [1.807, 2.05) is 24.3 Å². The third-order valence-corrected chi connectivity index (χ3v) is 4.73. The summed E-state index contributed by atoms with van der Waals surface area (Å²) in [5, 5.41) is 0.684. The zero-order valence-corrected chi connectivity index (χ0v) is 16.6. The Morgan fingerprint density at radius 3 is 2.20 bits per heavy atom. The van der Waals surface area contributed by atoms with E-state index < -0.39 is 11.6 Å². The molecule has 0 amide bonds. The number of benzene rings is 3. The molecule has 0 N–H and O–H groups in total. The van der Waals surface area contributed by atoms with Crippen LogP contribution in [0.4, 0.5) is 8.78 Å². The van der Waals surface area contributed by atoms with Crippen LogP contribution in [0, 0.1) is 11.6 Å². The average Bonchev–Trinajstić information content (AvgIpc) is 3.21. The molecule has 1 aliphatic heterocycles. The molecule has 3 aromatic rings. The summed E-state index contributed by atoms with van der Waals surface area (Å²) < 4.78 is 44.5. The molecule has 4 rings (SSSR count). The molecule has 4 nitrogen and oxygen atoms in total. The van der Waals surface area contributed by atoms with Gasteiger partial charge in [0.05, 0.1) is 0 Å². The number of hydrogen-bond acceptors (Lipinski definition) is 4. The second-order valence-corrected chi connectivity index (χ2v) is 7.13. The van der Waals surface area contributed by atoms with Crippen molar-refractivity contribution in [1.29, 1.82) is 0 Å². The lowest BCUT2D eigenvalue weighted by Crippen LogP contribution is -2.16. The molecule has 0 fully saturated rings. The summed E-state index contributed by atoms with van der Waals surface area (Å²) >= 11 is 5.87. The fourth-order valence-corrected chi connectivity index (χ4v) is 3.04. The molecule has 0 aromatic heterocycles. The van der Waals surface area contributed by atoms with Crippen LogP contribution in [-0.2, 0) is 11.3 Å². The second kappa shape index (κ2) is 9.13. The first-order chi connectivity index (χ1) is 14.6. The number of aliphatic imine (C=N–C) groups is 1. The standard InChI is InChI=1S/C23H18ClF2NO3/c24-16-6-4-15(5-7-16)12-28-18-8-10-19(11-9-18)29-13-17-14-30-23(27-17)22-20(25)2-1-3-21(22)26/h1-11,17H,12-14H2. The van der Waals surface area contributed by atoms with E-state index in [2.05, 4.69) is 4.99 Å². The maximum Gasteiger partial charge on any atom is 0.222 e. The summed E-state index contributed by atoms with van der Waals surface area (Å²) in [5.41, 5.74) is 0.767. The summed E-state index contributed by atoms with van der Waals surface area (Å²) in [7, 11) is 0. The van der Waals surface area contributed by atoms with Crippen LogP contribution in [0.3, 0.4) is 0 Å². The summed E-state index contributed by atoms with van der Waals surface area (Å²) in [4.78, 5) is 4.24. The average molecular weight is 430 g/mol. The van der Waals surface area contributed by atoms with Crippen molar-refractivity contribution in [3.63, 3.8) is 0 Å². The van der Waals surface area contributed by atoms with Crippen LogP contribution < -0.4 is 9.47 Å². The van der Waals surface area contributed by atoms with E-state index in [9.17, 15) is 8.78 Å². The Labute approximate surface area is 177 Å². The molecular formula is C23H18ClF2NO3. The maximum absolute atomic E-state index is 13.9. The minimum absolute atomic E-state index is 0.0369. The van der Waals surface area contributed by atoms with Crippen LogP contribution in [0.1, 0.15) is 11.1 Å². The third kappa shape index (κ3) is 4.89. The Morgan fingerprint density at radius 1 is 0.900 bits per heavy atom. The minimum atomic E-state index is -0.704. The van der Waals surface area contributed by atoms with Gasteiger partial charge in [0.2, 0.25) is 5.90 Å². The Hall–Kier alpha value is -3.12. The van der Waals surface area contributed by atoms with Gasteiger partial charge in [-0.25, -0.2) is 13.8 Å². The van der Waals surface area contributed by atoms with E-state index in [4.69, 9.17) is 25.8 Å². The van der Waals surface area contributed by atoms with Gasteiger partial charge in [0.25, 0.3) is 0 Å². The van der Waals surface area contributed by atoms with Crippen LogP contribution in [-0.4, -0.2) is 25.2 Å². The highest BCUT2D eigenvalue weighted by molar-refractivity contribution is 6.30. The van der Waals surface area contributed by atoms with Crippen LogP contribution in [0.5, 0.6) is 11.5 Å². The number of halogens is 3. The molecule has 1 unspecified atom stereocenters. The fourth-order valence-electron chi connectivity index (χ4n) is 2.91. The molecular weight excluding hydrogens is 412 g/mol. The fraction of sp³-hybridized carbons (Fsp3) is 0.174. The van der Waals surface area contributed by atoms with Gasteiger partial charge in [-0.05, 0) is 54.1 Å². The van der Waals surface area contributed by atoms with Crippen molar-refractivity contribution in [3.05, 3.63) is 94.5 Å². The molecule has 0 radical (unpaired) electrons. The topological polar surface area (TPSA) is 40.0 Å². The monoisotopic (exact) mass is 429 g/mol. The first-order valence-electron chi connectivity index (χ1n) is 9.33. The first-order valence-corrected chi connectivity index (χ1v) is 9.71. The number of rotatable bonds is 7. The SMILES string of the molecule is Fc1cccc(F)c1C1=NC(COc2ccc(OCc3ccc(Cl)cc3)cc2)CO1. The zero-order valence-electron chi connectivity index (χ0n) is 15.9. The van der Waals surface area contributed by atoms with Crippen LogP contribution in [0.2, 0.25) is 5.02 Å². The molecule has 1 aliphatic rings. The van der Waals surface area contributed by atoms with Crippen molar-refractivity contribution < 1.29 is 23.0 Å². The molecule has 1 heterocycles. The first kappa shape index (κ1) is 20.2. The van der Waals surface area contributed by atoms with Crippen molar-refractivity contribution in [3.8, 4) is 11.5 Å². The minimum Gasteiger partial charge on any atom is -0.491 e. The van der Waals surface area contributed by atoms with E-state index in [1.165, 1.54) is 18.2 Å². The lowest BCUT2D eigenvalue weighted by molar-refractivity contribution is 0.242. The number of ether oxygens (including phenoxy) is 3. The largest absolute Gasteiger partial charge is 0.491 e. The molecule has 30 heavy (non-hydrogen) atoms. The highest BCUT2D eigenvalue weighted by Crippen LogP contribution is 2.22. The number of hydrogen-bond donors (Lipinski definition) is 0. The predicted molar refractivity (Wildman–Crippen MR) is 110 cm³/mol. The highest BCUT2D eigenvalue weighted by Gasteiger charge is 2.25. The third-order valence-electron chi connectivity index (χ3n) is 4.47. The van der Waals surface area contributed by atoms with Crippen LogP contribution >= 0.6 is 11.6 Å². The van der Waals surface area contributed by atoms with E-state index in [0.29, 0.717) is 23.1 Å². The second-order valence-electron chi connectivity index (χ2n) is 6.69. The summed E-state index contributed by atoms with van der Waals surface area (Å²) in [5.74, 6) is -0.106. The van der Waals surface area contributed by atoms with Gasteiger partial charge in [0.1, 0.15) is 54.6 Å². The normalized spacial score (nSPS) is 15.4. The molecule has 0 saturated carbocycles. The van der Waals surface area contributed by atoms with Gasteiger partial charge in [-0.2, -0.15) is 0 Å². The van der Waals surface area contributed by atoms with E-state index in [1.54, 1.807) is 24.3 Å². The van der Waals surface area contributed by atoms with Gasteiger partial charge >= 0.3 is 0 Å². The Bertz CT molecular complexity index is 1020. The van der Waals surface area contributed by atoms with Crippen molar-refractivity contribution in [2.24, 2.45) is 4.99 Å². The Kier molecular flexibility index (Phi) is 6.14. The van der Waals surface area contributed by atoms with Gasteiger partial charge in [0, 0.05) is 5.02 Å². The molecule has 1 atom stereocenters. The Morgan fingerprint density at radius 2 is 1.53 bits per heavy atom. The lowest BCUT2D eigenvalue weighted by atomic mass is 10.2. The highest BCUT2D eigenvalue weighted by atomic mass is 35.5. The molecule has 154 valence electrons. The summed E-state index contributed by atoms with van der Waals surface area (Å²) in [6, 6.07) is 17.9. The smallest absolute Gasteiger partial charge is 0.222 e. The molecule has 7 heteroatoms. The molecule has 0 aliphatic carbocycles. The van der Waals surface area contributed by atoms with Gasteiger partial charge in [-0.15, -0.1) is 0 Å². The summed E-state index contributed by atoms with van der Waals surface area (Å²) in [6.45, 7) is 0.858. The lowest BCUT2D eigenvalue weighted by Gasteiger charge is -2.10. The molecule has 0 saturated heterocycles. The summed E-state index contributed by atoms with van der Waals surface area (Å²) in [6.07, 6.45) is 0. The molecule has 0 bridgehead atoms. The maximum atomic E-state index is 13.9. The van der Waals surface area contributed by atoms with Crippen molar-refractivity contribution in [2.75, 3.05) is 13.2 Å². The van der Waals surface area contributed by atoms with Gasteiger partial charge in [-0.3, -0.25) is 0 Å². The van der Waals surface area contributed by atoms with Crippen molar-refractivity contribution in [1.82, 2.24) is 0 Å². The van der Waals surface area contributed by atoms with Crippen molar-refractivity contribution >= 4 is 17.5 Å². The van der Waals surface area contributed by atoms with Gasteiger partial charge in [-0.1, -0.05) is 29.8 Å². The van der Waals surface area contributed by atoms with Crippen LogP contribution in [0.15, 0.2) is 71.7 Å². The quantitative estimate of drug-likeness (QED) is 0.503. The van der Waals surface area contributed by atoms with Gasteiger partial charge < -0.3 is 14.2 Å². The predicted octanol–water partition coefficient (Wildman–Crippen LogP) is 5.42. The van der Waals surface area contributed by atoms with Crippen LogP contribution in [0.25, 0.3) is 0 Å². The van der Waals surface area contributed by atoms with E-state index in [0.717, 1.165) is 5.56 Å². The van der Waals surface area contributed by atoms with E-state index in [-0.39, 0.29) is 30.7 Å². The molecule has 0 spiro atoms.